The van der Waals surface area contributed by atoms with Gasteiger partial charge in [0.2, 0.25) is 0 Å². The van der Waals surface area contributed by atoms with Crippen LogP contribution in [0, 0.1) is 0 Å². The van der Waals surface area contributed by atoms with Gasteiger partial charge in [-0.25, -0.2) is 0 Å². The zero-order valence-corrected chi connectivity index (χ0v) is 12.8. The fraction of sp³-hybridized carbons (Fsp3) is 0.562. The maximum atomic E-state index is 12.2. The highest BCUT2D eigenvalue weighted by Crippen LogP contribution is 2.22. The van der Waals surface area contributed by atoms with Crippen molar-refractivity contribution in [2.75, 3.05) is 12.4 Å². The molecule has 1 aromatic rings. The van der Waals surface area contributed by atoms with Crippen LogP contribution in [0.2, 0.25) is 0 Å². The lowest BCUT2D eigenvalue weighted by molar-refractivity contribution is 0.102. The van der Waals surface area contributed by atoms with Gasteiger partial charge in [-0.05, 0) is 44.0 Å². The molecule has 0 aromatic heterocycles. The number of ketones is 1. The van der Waals surface area contributed by atoms with Crippen LogP contribution in [0.1, 0.15) is 49.4 Å². The summed E-state index contributed by atoms with van der Waals surface area (Å²) in [7, 11) is -1.03. The van der Waals surface area contributed by atoms with Crippen molar-refractivity contribution < 1.29 is 13.7 Å². The third-order valence-electron chi connectivity index (χ3n) is 3.68. The van der Waals surface area contributed by atoms with Gasteiger partial charge in [-0.2, -0.15) is 0 Å². The predicted octanol–water partition coefficient (Wildman–Crippen LogP) is 3.35. The number of Topliss-reactive ketones (excluding diaryl/α,β-unsaturated/α-hetero) is 1. The molecule has 0 aliphatic heterocycles. The van der Waals surface area contributed by atoms with E-state index in [4.69, 9.17) is 4.74 Å². The van der Waals surface area contributed by atoms with E-state index in [1.54, 1.807) is 24.3 Å². The highest BCUT2D eigenvalue weighted by Gasteiger charge is 2.22. The van der Waals surface area contributed by atoms with Crippen LogP contribution in [0.3, 0.4) is 0 Å². The molecule has 1 fully saturated rings. The molecule has 110 valence electrons. The minimum Gasteiger partial charge on any atom is -0.494 e. The summed E-state index contributed by atoms with van der Waals surface area (Å²) in [5, 5.41) is 0.218. The summed E-state index contributed by atoms with van der Waals surface area (Å²) in [4.78, 5) is 12.1. The monoisotopic (exact) mass is 294 g/mol. The van der Waals surface area contributed by atoms with Crippen molar-refractivity contribution in [3.63, 3.8) is 0 Å². The Bertz CT molecular complexity index is 461. The second-order valence-corrected chi connectivity index (χ2v) is 6.88. The lowest BCUT2D eigenvalue weighted by Crippen LogP contribution is -2.24. The molecule has 0 heterocycles. The summed E-state index contributed by atoms with van der Waals surface area (Å²) in [6.07, 6.45) is 5.54. The number of benzene rings is 1. The third-order valence-corrected chi connectivity index (χ3v) is 5.45. The van der Waals surface area contributed by atoms with Crippen LogP contribution in [0.5, 0.6) is 5.75 Å². The summed E-state index contributed by atoms with van der Waals surface area (Å²) < 4.78 is 17.6. The van der Waals surface area contributed by atoms with Gasteiger partial charge in [0.1, 0.15) is 5.75 Å². The molecule has 0 saturated heterocycles. The number of carbonyl (C=O) groups is 1. The van der Waals surface area contributed by atoms with Crippen molar-refractivity contribution in [2.24, 2.45) is 0 Å². The maximum absolute atomic E-state index is 12.2. The minimum absolute atomic E-state index is 0.0306. The molecular weight excluding hydrogens is 272 g/mol. The Balaban J connectivity index is 1.91. The number of carbonyl (C=O) groups excluding carboxylic acids is 1. The largest absolute Gasteiger partial charge is 0.494 e. The van der Waals surface area contributed by atoms with E-state index in [0.717, 1.165) is 31.4 Å². The van der Waals surface area contributed by atoms with Crippen LogP contribution in [-0.4, -0.2) is 27.6 Å². The summed E-state index contributed by atoms with van der Waals surface area (Å²) in [5.74, 6) is 0.882. The second-order valence-electron chi connectivity index (χ2n) is 5.17. The number of ether oxygens (including phenoxy) is 1. The van der Waals surface area contributed by atoms with E-state index < -0.39 is 10.8 Å². The second kappa shape index (κ2) is 7.58. The Labute approximate surface area is 123 Å². The van der Waals surface area contributed by atoms with Crippen molar-refractivity contribution in [3.8, 4) is 5.75 Å². The Hall–Kier alpha value is -1.16. The predicted molar refractivity (Wildman–Crippen MR) is 81.8 cm³/mol. The molecule has 0 spiro atoms. The first-order valence-corrected chi connectivity index (χ1v) is 8.72. The third kappa shape index (κ3) is 4.17. The van der Waals surface area contributed by atoms with E-state index in [-0.39, 0.29) is 16.8 Å². The van der Waals surface area contributed by atoms with Gasteiger partial charge in [-0.1, -0.05) is 19.3 Å². The summed E-state index contributed by atoms with van der Waals surface area (Å²) in [6.45, 7) is 2.53. The summed E-state index contributed by atoms with van der Waals surface area (Å²) in [5.41, 5.74) is 0.623. The van der Waals surface area contributed by atoms with E-state index in [1.807, 2.05) is 6.92 Å². The van der Waals surface area contributed by atoms with Crippen LogP contribution in [0.25, 0.3) is 0 Å². The van der Waals surface area contributed by atoms with Gasteiger partial charge in [-0.15, -0.1) is 0 Å². The molecule has 20 heavy (non-hydrogen) atoms. The molecule has 0 bridgehead atoms. The van der Waals surface area contributed by atoms with Gasteiger partial charge in [-0.3, -0.25) is 9.00 Å². The highest BCUT2D eigenvalue weighted by atomic mass is 32.2. The first-order valence-electron chi connectivity index (χ1n) is 7.34. The minimum atomic E-state index is -1.03. The number of rotatable bonds is 6. The zero-order chi connectivity index (χ0) is 14.4. The first-order chi connectivity index (χ1) is 9.70. The van der Waals surface area contributed by atoms with Crippen LogP contribution >= 0.6 is 0 Å². The van der Waals surface area contributed by atoms with Crippen LogP contribution in [-0.2, 0) is 10.8 Å². The topological polar surface area (TPSA) is 43.4 Å². The Morgan fingerprint density at radius 3 is 2.45 bits per heavy atom. The zero-order valence-electron chi connectivity index (χ0n) is 12.0. The SMILES string of the molecule is CCOc1ccc(C(=O)CS(=O)C2CCCCC2)cc1. The van der Waals surface area contributed by atoms with Gasteiger partial charge in [0.15, 0.2) is 5.78 Å². The van der Waals surface area contributed by atoms with Gasteiger partial charge >= 0.3 is 0 Å². The average molecular weight is 294 g/mol. The Morgan fingerprint density at radius 2 is 1.85 bits per heavy atom. The first kappa shape index (κ1) is 15.2. The molecule has 2 rings (SSSR count). The van der Waals surface area contributed by atoms with Crippen molar-refractivity contribution in [1.82, 2.24) is 0 Å². The molecule has 0 amide bonds. The maximum Gasteiger partial charge on any atom is 0.175 e. The van der Waals surface area contributed by atoms with Crippen molar-refractivity contribution >= 4 is 16.6 Å². The standard InChI is InChI=1S/C16H22O3S/c1-2-19-14-10-8-13(9-11-14)16(17)12-20(18)15-6-4-3-5-7-15/h8-11,15H,2-7,12H2,1H3. The summed E-state index contributed by atoms with van der Waals surface area (Å²) >= 11 is 0. The molecule has 0 N–H and O–H groups in total. The van der Waals surface area contributed by atoms with E-state index in [2.05, 4.69) is 0 Å². The molecule has 0 radical (unpaired) electrons. The molecule has 1 saturated carbocycles. The molecular formula is C16H22O3S. The smallest absolute Gasteiger partial charge is 0.175 e. The Morgan fingerprint density at radius 1 is 1.20 bits per heavy atom. The van der Waals surface area contributed by atoms with Crippen molar-refractivity contribution in [1.29, 1.82) is 0 Å². The fourth-order valence-corrected chi connectivity index (χ4v) is 4.08. The van der Waals surface area contributed by atoms with Crippen LogP contribution in [0.15, 0.2) is 24.3 Å². The Kier molecular flexibility index (Phi) is 5.77. The number of hydrogen-bond acceptors (Lipinski definition) is 3. The number of hydrogen-bond donors (Lipinski definition) is 0. The molecule has 3 nitrogen and oxygen atoms in total. The lowest BCUT2D eigenvalue weighted by atomic mass is 10.0. The molecule has 1 atom stereocenters. The van der Waals surface area contributed by atoms with Gasteiger partial charge in [0, 0.05) is 21.6 Å². The van der Waals surface area contributed by atoms with Gasteiger partial charge < -0.3 is 4.74 Å². The van der Waals surface area contributed by atoms with Crippen LogP contribution < -0.4 is 4.74 Å². The van der Waals surface area contributed by atoms with Crippen LogP contribution in [0.4, 0.5) is 0 Å². The lowest BCUT2D eigenvalue weighted by Gasteiger charge is -2.20. The quantitative estimate of drug-likeness (QED) is 0.756. The van der Waals surface area contributed by atoms with E-state index in [9.17, 15) is 9.00 Å². The van der Waals surface area contributed by atoms with Gasteiger partial charge in [0.25, 0.3) is 0 Å². The molecule has 1 aliphatic rings. The van der Waals surface area contributed by atoms with Gasteiger partial charge in [0.05, 0.1) is 12.4 Å². The highest BCUT2D eigenvalue weighted by molar-refractivity contribution is 7.86. The summed E-state index contributed by atoms with van der Waals surface area (Å²) in [6, 6.07) is 7.09. The van der Waals surface area contributed by atoms with E-state index >= 15 is 0 Å². The molecule has 1 unspecified atom stereocenters. The average Bonchev–Trinajstić information content (AvgIpc) is 2.49. The molecule has 4 heteroatoms. The fourth-order valence-electron chi connectivity index (χ4n) is 2.56. The van der Waals surface area contributed by atoms with Crippen molar-refractivity contribution in [2.45, 2.75) is 44.3 Å². The van der Waals surface area contributed by atoms with E-state index in [0.29, 0.717) is 12.2 Å². The molecule has 1 aromatic carbocycles. The normalized spacial score (nSPS) is 17.6. The van der Waals surface area contributed by atoms with Crippen molar-refractivity contribution in [3.05, 3.63) is 29.8 Å². The van der Waals surface area contributed by atoms with E-state index in [1.165, 1.54) is 6.42 Å². The molecule has 1 aliphatic carbocycles.